The molecule has 4 heteroatoms. The highest BCUT2D eigenvalue weighted by molar-refractivity contribution is 5.89. The van der Waals surface area contributed by atoms with Gasteiger partial charge in [-0.15, -0.1) is 0 Å². The Balaban J connectivity index is 1.97. The average Bonchev–Trinajstić information content (AvgIpc) is 2.80. The largest absolute Gasteiger partial charge is 0.508 e. The minimum atomic E-state index is -0.516. The Morgan fingerprint density at radius 3 is 2.90 bits per heavy atom. The van der Waals surface area contributed by atoms with Crippen molar-refractivity contribution in [2.75, 3.05) is 6.61 Å². The number of hydrogen-bond donors (Lipinski definition) is 1. The van der Waals surface area contributed by atoms with Gasteiger partial charge in [0.1, 0.15) is 23.2 Å². The third-order valence-corrected chi connectivity index (χ3v) is 3.41. The van der Waals surface area contributed by atoms with Crippen molar-refractivity contribution >= 4 is 5.97 Å². The molecule has 1 aliphatic rings. The molecule has 0 saturated heterocycles. The van der Waals surface area contributed by atoms with Crippen LogP contribution in [0.5, 0.6) is 17.2 Å². The topological polar surface area (TPSA) is 55.8 Å². The van der Waals surface area contributed by atoms with E-state index in [1.165, 1.54) is 6.07 Å². The first-order valence-electron chi connectivity index (χ1n) is 6.96. The summed E-state index contributed by atoms with van der Waals surface area (Å²) < 4.78 is 10.9. The minimum absolute atomic E-state index is 0.121. The number of aromatic hydroxyl groups is 1. The number of esters is 1. The van der Waals surface area contributed by atoms with Crippen LogP contribution in [0, 0.1) is 0 Å². The Bertz CT molecular complexity index is 678. The second kappa shape index (κ2) is 5.48. The van der Waals surface area contributed by atoms with Crippen molar-refractivity contribution < 1.29 is 19.4 Å². The van der Waals surface area contributed by atoms with Crippen LogP contribution in [0.3, 0.4) is 0 Å². The fourth-order valence-electron chi connectivity index (χ4n) is 2.47. The van der Waals surface area contributed by atoms with Gasteiger partial charge in [0.05, 0.1) is 6.61 Å². The Labute approximate surface area is 122 Å². The number of phenols is 1. The van der Waals surface area contributed by atoms with Crippen molar-refractivity contribution in [1.82, 2.24) is 0 Å². The van der Waals surface area contributed by atoms with Gasteiger partial charge in [-0.3, -0.25) is 4.79 Å². The van der Waals surface area contributed by atoms with E-state index in [0.717, 1.165) is 17.7 Å². The van der Waals surface area contributed by atoms with E-state index in [2.05, 4.69) is 0 Å². The molecule has 1 N–H and O–H groups in total. The maximum Gasteiger partial charge on any atom is 0.323 e. The van der Waals surface area contributed by atoms with E-state index >= 15 is 0 Å². The Morgan fingerprint density at radius 2 is 2.10 bits per heavy atom. The average molecular weight is 284 g/mol. The lowest BCUT2D eigenvalue weighted by Crippen LogP contribution is -2.11. The number of ether oxygens (including phenoxy) is 2. The maximum absolute atomic E-state index is 12.1. The third kappa shape index (κ3) is 2.57. The van der Waals surface area contributed by atoms with Gasteiger partial charge in [-0.25, -0.2) is 0 Å². The van der Waals surface area contributed by atoms with E-state index < -0.39 is 5.92 Å². The number of phenolic OH excluding ortho intramolecular Hbond substituents is 1. The molecule has 4 nitrogen and oxygen atoms in total. The van der Waals surface area contributed by atoms with Crippen molar-refractivity contribution in [2.45, 2.75) is 19.3 Å². The molecule has 3 rings (SSSR count). The summed E-state index contributed by atoms with van der Waals surface area (Å²) in [6, 6.07) is 12.1. The lowest BCUT2D eigenvalue weighted by atomic mass is 9.92. The van der Waals surface area contributed by atoms with Crippen molar-refractivity contribution in [3.8, 4) is 17.2 Å². The predicted molar refractivity (Wildman–Crippen MR) is 77.8 cm³/mol. The summed E-state index contributed by atoms with van der Waals surface area (Å²) in [6.07, 6.45) is 0.923. The van der Waals surface area contributed by atoms with Gasteiger partial charge in [-0.05, 0) is 42.3 Å². The number of carbonyl (C=O) groups is 1. The molecule has 2 aromatic rings. The van der Waals surface area contributed by atoms with Crippen LogP contribution in [-0.4, -0.2) is 17.7 Å². The number of rotatable bonds is 4. The van der Waals surface area contributed by atoms with E-state index in [1.54, 1.807) is 12.1 Å². The smallest absolute Gasteiger partial charge is 0.323 e. The molecule has 0 aromatic heterocycles. The molecular formula is C17H16O4. The second-order valence-electron chi connectivity index (χ2n) is 5.00. The number of benzene rings is 2. The Kier molecular flexibility index (Phi) is 3.52. The highest BCUT2D eigenvalue weighted by atomic mass is 16.5. The molecule has 108 valence electrons. The first-order valence-corrected chi connectivity index (χ1v) is 6.96. The molecular weight excluding hydrogens is 268 g/mol. The summed E-state index contributed by atoms with van der Waals surface area (Å²) >= 11 is 0. The van der Waals surface area contributed by atoms with Gasteiger partial charge >= 0.3 is 5.97 Å². The van der Waals surface area contributed by atoms with Crippen LogP contribution in [0.25, 0.3) is 0 Å². The van der Waals surface area contributed by atoms with Crippen molar-refractivity contribution in [3.63, 3.8) is 0 Å². The van der Waals surface area contributed by atoms with E-state index in [0.29, 0.717) is 17.9 Å². The van der Waals surface area contributed by atoms with Crippen LogP contribution >= 0.6 is 0 Å². The molecule has 0 spiro atoms. The molecule has 1 heterocycles. The molecule has 0 aliphatic carbocycles. The van der Waals surface area contributed by atoms with Crippen LogP contribution in [-0.2, 0) is 4.79 Å². The molecule has 1 atom stereocenters. The fraction of sp³-hybridized carbons (Fsp3) is 0.235. The van der Waals surface area contributed by atoms with Gasteiger partial charge in [0.2, 0.25) is 0 Å². The monoisotopic (exact) mass is 284 g/mol. The third-order valence-electron chi connectivity index (χ3n) is 3.41. The first kappa shape index (κ1) is 13.5. The molecule has 21 heavy (non-hydrogen) atoms. The highest BCUT2D eigenvalue weighted by Gasteiger charge is 2.34. The maximum atomic E-state index is 12.1. The molecule has 0 fully saturated rings. The SMILES string of the molecule is CCCOc1cccc(C2C(=O)Oc3ccc(O)cc32)c1. The summed E-state index contributed by atoms with van der Waals surface area (Å²) in [4.78, 5) is 12.1. The van der Waals surface area contributed by atoms with Crippen LogP contribution < -0.4 is 9.47 Å². The van der Waals surface area contributed by atoms with Gasteiger partial charge in [-0.1, -0.05) is 19.1 Å². The highest BCUT2D eigenvalue weighted by Crippen LogP contribution is 2.41. The standard InChI is InChI=1S/C17H16O4/c1-2-8-20-13-5-3-4-11(9-13)16-14-10-12(18)6-7-15(14)21-17(16)19/h3-7,9-10,16,18H,2,8H2,1H3. The van der Waals surface area contributed by atoms with Crippen molar-refractivity contribution in [1.29, 1.82) is 0 Å². The molecule has 1 aliphatic heterocycles. The van der Waals surface area contributed by atoms with Gasteiger partial charge in [0.25, 0.3) is 0 Å². The zero-order chi connectivity index (χ0) is 14.8. The first-order chi connectivity index (χ1) is 10.2. The number of hydrogen-bond acceptors (Lipinski definition) is 4. The summed E-state index contributed by atoms with van der Waals surface area (Å²) in [6.45, 7) is 2.67. The Morgan fingerprint density at radius 1 is 1.24 bits per heavy atom. The Hall–Kier alpha value is -2.49. The summed E-state index contributed by atoms with van der Waals surface area (Å²) in [5.41, 5.74) is 1.49. The molecule has 0 bridgehead atoms. The van der Waals surface area contributed by atoms with E-state index in [1.807, 2.05) is 31.2 Å². The molecule has 0 radical (unpaired) electrons. The van der Waals surface area contributed by atoms with E-state index in [-0.39, 0.29) is 11.7 Å². The van der Waals surface area contributed by atoms with Gasteiger partial charge < -0.3 is 14.6 Å². The fourth-order valence-corrected chi connectivity index (χ4v) is 2.47. The lowest BCUT2D eigenvalue weighted by Gasteiger charge is -2.10. The van der Waals surface area contributed by atoms with Gasteiger partial charge in [0.15, 0.2) is 0 Å². The molecule has 0 amide bonds. The van der Waals surface area contributed by atoms with Crippen LogP contribution in [0.1, 0.15) is 30.4 Å². The predicted octanol–water partition coefficient (Wildman–Crippen LogP) is 3.23. The second-order valence-corrected chi connectivity index (χ2v) is 5.00. The number of carbonyl (C=O) groups excluding carboxylic acids is 1. The van der Waals surface area contributed by atoms with E-state index in [9.17, 15) is 9.90 Å². The molecule has 1 unspecified atom stereocenters. The van der Waals surface area contributed by atoms with Crippen LogP contribution in [0.2, 0.25) is 0 Å². The summed E-state index contributed by atoms with van der Waals surface area (Å²) in [7, 11) is 0. The van der Waals surface area contributed by atoms with Crippen molar-refractivity contribution in [2.24, 2.45) is 0 Å². The summed E-state index contributed by atoms with van der Waals surface area (Å²) in [5.74, 6) is 0.509. The van der Waals surface area contributed by atoms with Crippen molar-refractivity contribution in [3.05, 3.63) is 53.6 Å². The normalized spacial score (nSPS) is 16.4. The lowest BCUT2D eigenvalue weighted by molar-refractivity contribution is -0.133. The summed E-state index contributed by atoms with van der Waals surface area (Å²) in [5, 5.41) is 9.63. The van der Waals surface area contributed by atoms with E-state index in [4.69, 9.17) is 9.47 Å². The molecule has 2 aromatic carbocycles. The van der Waals surface area contributed by atoms with Crippen LogP contribution in [0.4, 0.5) is 0 Å². The zero-order valence-electron chi connectivity index (χ0n) is 11.7. The number of fused-ring (bicyclic) bond motifs is 1. The van der Waals surface area contributed by atoms with Gasteiger partial charge in [0, 0.05) is 5.56 Å². The minimum Gasteiger partial charge on any atom is -0.508 e. The zero-order valence-corrected chi connectivity index (χ0v) is 11.7. The molecule has 0 saturated carbocycles. The van der Waals surface area contributed by atoms with Crippen LogP contribution in [0.15, 0.2) is 42.5 Å². The quantitative estimate of drug-likeness (QED) is 0.691. The van der Waals surface area contributed by atoms with Gasteiger partial charge in [-0.2, -0.15) is 0 Å².